The van der Waals surface area contributed by atoms with Crippen LogP contribution in [0.15, 0.2) is 16.3 Å². The van der Waals surface area contributed by atoms with E-state index in [1.165, 1.54) is 16.0 Å². The fourth-order valence-electron chi connectivity index (χ4n) is 5.61. The van der Waals surface area contributed by atoms with E-state index in [1.54, 1.807) is 11.3 Å². The predicted octanol–water partition coefficient (Wildman–Crippen LogP) is 5.94. The minimum Gasteiger partial charge on any atom is -0.472 e. The normalized spacial score (nSPS) is 35.2. The highest BCUT2D eigenvalue weighted by Crippen LogP contribution is 2.49. The van der Waals surface area contributed by atoms with Gasteiger partial charge in [-0.3, -0.25) is 4.99 Å². The topological polar surface area (TPSA) is 33.6 Å². The molecule has 1 aliphatic carbocycles. The fraction of sp³-hybridized carbons (Fsp3) is 0.720. The van der Waals surface area contributed by atoms with Crippen LogP contribution in [0.4, 0.5) is 0 Å². The maximum absolute atomic E-state index is 8.98. The summed E-state index contributed by atoms with van der Waals surface area (Å²) in [5.74, 6) is 1.64. The number of thiophene rings is 1. The number of hydrogen-bond acceptors (Lipinski definition) is 4. The van der Waals surface area contributed by atoms with Crippen LogP contribution in [0.1, 0.15) is 87.5 Å². The van der Waals surface area contributed by atoms with Crippen LogP contribution in [-0.4, -0.2) is 18.0 Å². The molecule has 1 fully saturated rings. The van der Waals surface area contributed by atoms with Gasteiger partial charge in [0.05, 0.1) is 0 Å². The summed E-state index contributed by atoms with van der Waals surface area (Å²) in [6.07, 6.45) is 3.51. The standard InChI is InChI=1S/C25H36N2OS/c1-14-9-10-17-16-7-6-8-18(23(16)28-24(17)27-14)21-11-19-20(12-25(3,4)5)15(2)29-22(19)13-26-21/h16-17,21,24,26H,6-13H2,1-5H3/t16-,17?,21+,24?/m0/s1/i1D3,12D2. The third-order valence-corrected chi connectivity index (χ3v) is 7.99. The van der Waals surface area contributed by atoms with E-state index < -0.39 is 18.6 Å². The molecule has 2 unspecified atom stereocenters. The Morgan fingerprint density at radius 3 is 2.97 bits per heavy atom. The third-order valence-electron chi connectivity index (χ3n) is 6.85. The Hall–Kier alpha value is -1.13. The maximum Gasteiger partial charge on any atom is 0.192 e. The Labute approximate surface area is 187 Å². The van der Waals surface area contributed by atoms with Crippen molar-refractivity contribution in [3.8, 4) is 0 Å². The number of aryl methyl sites for hydroxylation is 1. The lowest BCUT2D eigenvalue weighted by atomic mass is 9.75. The third kappa shape index (κ3) is 3.61. The Balaban J connectivity index is 1.47. The summed E-state index contributed by atoms with van der Waals surface area (Å²) < 4.78 is 47.7. The van der Waals surface area contributed by atoms with Crippen molar-refractivity contribution in [2.24, 2.45) is 22.2 Å². The molecule has 1 N–H and O–H groups in total. The van der Waals surface area contributed by atoms with Crippen LogP contribution in [0.5, 0.6) is 0 Å². The zero-order valence-corrected chi connectivity index (χ0v) is 18.8. The molecule has 4 heteroatoms. The summed E-state index contributed by atoms with van der Waals surface area (Å²) in [5.41, 5.74) is 3.18. The molecule has 0 amide bonds. The Kier molecular flexibility index (Phi) is 3.69. The number of fused-ring (bicyclic) bond motifs is 4. The van der Waals surface area contributed by atoms with Gasteiger partial charge < -0.3 is 10.1 Å². The van der Waals surface area contributed by atoms with Gasteiger partial charge in [-0.2, -0.15) is 0 Å². The number of hydrogen-bond donors (Lipinski definition) is 1. The van der Waals surface area contributed by atoms with Crippen LogP contribution < -0.4 is 5.32 Å². The van der Waals surface area contributed by atoms with E-state index in [4.69, 9.17) is 11.6 Å². The summed E-state index contributed by atoms with van der Waals surface area (Å²) in [6.45, 7) is 6.61. The number of rotatable bonds is 2. The van der Waals surface area contributed by atoms with Crippen molar-refractivity contribution >= 4 is 17.0 Å². The molecule has 0 bridgehead atoms. The lowest BCUT2D eigenvalue weighted by Crippen LogP contribution is -2.38. The average Bonchev–Trinajstić information content (AvgIpc) is 3.27. The zero-order chi connectivity index (χ0) is 24.6. The number of nitrogens with one attached hydrogen (secondary N) is 1. The van der Waals surface area contributed by atoms with E-state index in [-0.39, 0.29) is 18.2 Å². The molecule has 4 heterocycles. The van der Waals surface area contributed by atoms with Crippen LogP contribution in [-0.2, 0) is 24.1 Å². The monoisotopic (exact) mass is 417 g/mol. The molecular formula is C25H36N2OS. The largest absolute Gasteiger partial charge is 0.472 e. The van der Waals surface area contributed by atoms with Gasteiger partial charge in [-0.15, -0.1) is 11.3 Å². The number of nitrogens with zero attached hydrogens (tertiary/aromatic N) is 1. The molecule has 1 aromatic heterocycles. The van der Waals surface area contributed by atoms with Gasteiger partial charge >= 0.3 is 0 Å². The molecule has 0 aromatic carbocycles. The summed E-state index contributed by atoms with van der Waals surface area (Å²) in [6, 6.07) is 0.125. The molecule has 3 aliphatic heterocycles. The minimum atomic E-state index is -2.14. The Bertz CT molecular complexity index is 1050. The van der Waals surface area contributed by atoms with Crippen molar-refractivity contribution in [2.45, 2.75) is 98.3 Å². The number of ether oxygens (including phenoxy) is 1. The van der Waals surface area contributed by atoms with E-state index in [0.29, 0.717) is 18.1 Å². The van der Waals surface area contributed by atoms with E-state index in [1.807, 2.05) is 20.8 Å². The van der Waals surface area contributed by atoms with Crippen LogP contribution >= 0.6 is 11.3 Å². The molecule has 0 radical (unpaired) electrons. The summed E-state index contributed by atoms with van der Waals surface area (Å²) >= 11 is 1.73. The first-order chi connectivity index (χ1) is 15.8. The fourth-order valence-corrected chi connectivity index (χ4v) is 6.72. The highest BCUT2D eigenvalue weighted by molar-refractivity contribution is 7.12. The summed E-state index contributed by atoms with van der Waals surface area (Å²) in [7, 11) is 0. The molecular weight excluding hydrogens is 376 g/mol. The second kappa shape index (κ2) is 7.23. The molecule has 158 valence electrons. The number of allylic oxidation sites excluding steroid dienone is 1. The summed E-state index contributed by atoms with van der Waals surface area (Å²) in [4.78, 5) is 6.90. The number of aliphatic imine (C=N–C) groups is 1. The lowest BCUT2D eigenvalue weighted by Gasteiger charge is -2.33. The molecule has 0 spiro atoms. The van der Waals surface area contributed by atoms with Gasteiger partial charge in [0.1, 0.15) is 5.76 Å². The van der Waals surface area contributed by atoms with Crippen molar-refractivity contribution in [2.75, 3.05) is 0 Å². The summed E-state index contributed by atoms with van der Waals surface area (Å²) in [5, 5.41) is 3.73. The SMILES string of the molecule is [2H]C([2H])([2H])C1=NC2OC3=C([C@H]4Cc5c(sc(C)c5C([2H])([2H])C(C)(C)C)CN4)CCC[C@H]3C2CC1. The predicted molar refractivity (Wildman–Crippen MR) is 122 cm³/mol. The molecule has 1 aromatic rings. The Morgan fingerprint density at radius 1 is 1.31 bits per heavy atom. The van der Waals surface area contributed by atoms with Crippen molar-refractivity contribution in [1.82, 2.24) is 5.32 Å². The smallest absolute Gasteiger partial charge is 0.192 e. The van der Waals surface area contributed by atoms with Crippen molar-refractivity contribution in [3.05, 3.63) is 32.2 Å². The van der Waals surface area contributed by atoms with Crippen LogP contribution in [0.25, 0.3) is 0 Å². The van der Waals surface area contributed by atoms with Gasteiger partial charge in [0.25, 0.3) is 0 Å². The lowest BCUT2D eigenvalue weighted by molar-refractivity contribution is 0.127. The highest BCUT2D eigenvalue weighted by atomic mass is 32.1. The first-order valence-electron chi connectivity index (χ1n) is 13.6. The van der Waals surface area contributed by atoms with Gasteiger partial charge in [0.15, 0.2) is 6.23 Å². The van der Waals surface area contributed by atoms with E-state index in [9.17, 15) is 0 Å². The van der Waals surface area contributed by atoms with Crippen LogP contribution in [0, 0.1) is 24.2 Å². The van der Waals surface area contributed by atoms with E-state index in [2.05, 4.69) is 17.2 Å². The molecule has 29 heavy (non-hydrogen) atoms. The van der Waals surface area contributed by atoms with Crippen LogP contribution in [0.3, 0.4) is 0 Å². The molecule has 3 nitrogen and oxygen atoms in total. The second-order valence-electron chi connectivity index (χ2n) is 10.1. The first kappa shape index (κ1) is 14.8. The van der Waals surface area contributed by atoms with Gasteiger partial charge in [0, 0.05) is 46.7 Å². The van der Waals surface area contributed by atoms with Gasteiger partial charge in [-0.1, -0.05) is 20.8 Å². The Morgan fingerprint density at radius 2 is 2.17 bits per heavy atom. The van der Waals surface area contributed by atoms with Crippen molar-refractivity contribution < 1.29 is 11.6 Å². The molecule has 4 atom stereocenters. The average molecular weight is 418 g/mol. The highest BCUT2D eigenvalue weighted by Gasteiger charge is 2.46. The zero-order valence-electron chi connectivity index (χ0n) is 23.0. The first-order valence-corrected chi connectivity index (χ1v) is 11.9. The van der Waals surface area contributed by atoms with Gasteiger partial charge in [-0.25, -0.2) is 0 Å². The quantitative estimate of drug-likeness (QED) is 0.646. The molecule has 0 saturated carbocycles. The van der Waals surface area contributed by atoms with Crippen molar-refractivity contribution in [1.29, 1.82) is 0 Å². The van der Waals surface area contributed by atoms with Gasteiger partial charge in [0.2, 0.25) is 0 Å². The second-order valence-corrected chi connectivity index (χ2v) is 11.4. The molecule has 4 aliphatic rings. The molecule has 1 saturated heterocycles. The maximum atomic E-state index is 8.98. The van der Waals surface area contributed by atoms with Crippen molar-refractivity contribution in [3.63, 3.8) is 0 Å². The van der Waals surface area contributed by atoms with Gasteiger partial charge in [-0.05, 0) is 80.8 Å². The minimum absolute atomic E-state index is 0.125. The molecule has 5 rings (SSSR count). The van der Waals surface area contributed by atoms with E-state index >= 15 is 0 Å². The van der Waals surface area contributed by atoms with Crippen LogP contribution in [0.2, 0.25) is 0 Å². The van der Waals surface area contributed by atoms with E-state index in [0.717, 1.165) is 54.8 Å².